The fourth-order valence-electron chi connectivity index (χ4n) is 1.51. The van der Waals surface area contributed by atoms with Crippen molar-refractivity contribution in [1.82, 2.24) is 0 Å². The van der Waals surface area contributed by atoms with Gasteiger partial charge >= 0.3 is 0 Å². The highest BCUT2D eigenvalue weighted by molar-refractivity contribution is 5.49. The molecule has 13 heavy (non-hydrogen) atoms. The van der Waals surface area contributed by atoms with Crippen LogP contribution in [0.4, 0.5) is 5.69 Å². The largest absolute Gasteiger partial charge is 0.303 e. The molecule has 0 fully saturated rings. The van der Waals surface area contributed by atoms with Crippen LogP contribution in [0, 0.1) is 0 Å². The highest BCUT2D eigenvalue weighted by atomic mass is 15.1. The van der Waals surface area contributed by atoms with Crippen molar-refractivity contribution in [3.8, 4) is 0 Å². The predicted octanol–water partition coefficient (Wildman–Crippen LogP) is 1.89. The van der Waals surface area contributed by atoms with Gasteiger partial charge in [0.2, 0.25) is 0 Å². The van der Waals surface area contributed by atoms with Gasteiger partial charge in [-0.25, -0.2) is 0 Å². The molecule has 0 spiro atoms. The molecule has 1 aromatic rings. The predicted molar refractivity (Wildman–Crippen MR) is 58.2 cm³/mol. The number of nitrogens with one attached hydrogen (secondary N) is 1. The Morgan fingerprint density at radius 3 is 2.08 bits per heavy atom. The molecule has 70 valence electrons. The van der Waals surface area contributed by atoms with Gasteiger partial charge in [0.15, 0.2) is 0 Å². The first-order chi connectivity index (χ1) is 6.31. The molecule has 0 unspecified atom stereocenters. The number of rotatable bonds is 4. The zero-order valence-corrected chi connectivity index (χ0v) is 8.51. The molecule has 0 radical (unpaired) electrons. The molecule has 0 aliphatic heterocycles. The van der Waals surface area contributed by atoms with Crippen molar-refractivity contribution in [2.45, 2.75) is 13.8 Å². The van der Waals surface area contributed by atoms with E-state index < -0.39 is 0 Å². The minimum atomic E-state index is 1.14. The van der Waals surface area contributed by atoms with Gasteiger partial charge in [-0.2, -0.15) is 0 Å². The summed E-state index contributed by atoms with van der Waals surface area (Å²) in [5, 5.41) is 0. The first kappa shape index (κ1) is 10.0. The molecular weight excluding hydrogens is 158 g/mol. The summed E-state index contributed by atoms with van der Waals surface area (Å²) >= 11 is 0. The van der Waals surface area contributed by atoms with Gasteiger partial charge in [0.25, 0.3) is 0 Å². The van der Waals surface area contributed by atoms with Gasteiger partial charge in [-0.1, -0.05) is 12.7 Å². The van der Waals surface area contributed by atoms with E-state index in [-0.39, 0.29) is 0 Å². The van der Waals surface area contributed by atoms with Gasteiger partial charge in [0.05, 0.1) is 13.1 Å². The van der Waals surface area contributed by atoms with E-state index in [1.165, 1.54) is 16.2 Å². The van der Waals surface area contributed by atoms with Crippen LogP contribution in [-0.2, 0) is 0 Å². The number of hydrogen-bond acceptors (Lipinski definition) is 0. The average molecular weight is 176 g/mol. The first-order valence-corrected chi connectivity index (χ1v) is 4.89. The van der Waals surface area contributed by atoms with Gasteiger partial charge in [-0.15, -0.1) is 0 Å². The van der Waals surface area contributed by atoms with E-state index in [4.69, 9.17) is 0 Å². The maximum absolute atomic E-state index is 3.74. The Kier molecular flexibility index (Phi) is 3.71. The molecule has 0 aromatic heterocycles. The second kappa shape index (κ2) is 4.83. The third kappa shape index (κ3) is 2.43. The minimum absolute atomic E-state index is 1.14. The molecule has 1 aromatic carbocycles. The molecule has 1 N–H and O–H groups in total. The van der Waals surface area contributed by atoms with Crippen LogP contribution in [0.2, 0.25) is 0 Å². The Labute approximate surface area is 80.7 Å². The van der Waals surface area contributed by atoms with Crippen molar-refractivity contribution in [3.05, 3.63) is 36.4 Å². The summed E-state index contributed by atoms with van der Waals surface area (Å²) in [7, 11) is 0. The lowest BCUT2D eigenvalue weighted by Gasteiger charge is -2.14. The quantitative estimate of drug-likeness (QED) is 0.714. The van der Waals surface area contributed by atoms with Crippen LogP contribution in [0.1, 0.15) is 19.4 Å². The molecule has 1 heteroatoms. The van der Waals surface area contributed by atoms with Crippen molar-refractivity contribution >= 4 is 11.8 Å². The Morgan fingerprint density at radius 2 is 1.69 bits per heavy atom. The summed E-state index contributed by atoms with van der Waals surface area (Å²) in [5.74, 6) is 0. The smallest absolute Gasteiger partial charge is 0.131 e. The molecule has 0 aliphatic rings. The summed E-state index contributed by atoms with van der Waals surface area (Å²) in [6, 6.07) is 8.60. The monoisotopic (exact) mass is 176 g/mol. The van der Waals surface area contributed by atoms with E-state index in [2.05, 4.69) is 44.7 Å². The van der Waals surface area contributed by atoms with Gasteiger partial charge in [-0.05, 0) is 43.7 Å². The van der Waals surface area contributed by atoms with Crippen molar-refractivity contribution in [1.29, 1.82) is 0 Å². The van der Waals surface area contributed by atoms with E-state index in [1.807, 2.05) is 6.08 Å². The highest BCUT2D eigenvalue weighted by Crippen LogP contribution is 2.05. The summed E-state index contributed by atoms with van der Waals surface area (Å²) in [6.07, 6.45) is 1.88. The summed E-state index contributed by atoms with van der Waals surface area (Å²) < 4.78 is 0. The van der Waals surface area contributed by atoms with E-state index >= 15 is 0 Å². The number of quaternary nitrogens is 1. The lowest BCUT2D eigenvalue weighted by atomic mass is 10.2. The fourth-order valence-corrected chi connectivity index (χ4v) is 1.51. The minimum Gasteiger partial charge on any atom is -0.303 e. The molecule has 0 amide bonds. The molecule has 0 atom stereocenters. The van der Waals surface area contributed by atoms with Crippen LogP contribution in [-0.4, -0.2) is 13.1 Å². The van der Waals surface area contributed by atoms with Crippen LogP contribution in [0.25, 0.3) is 6.08 Å². The van der Waals surface area contributed by atoms with Crippen molar-refractivity contribution in [3.63, 3.8) is 0 Å². The third-order valence-corrected chi connectivity index (χ3v) is 2.41. The third-order valence-electron chi connectivity index (χ3n) is 2.41. The second-order valence-electron chi connectivity index (χ2n) is 3.14. The molecule has 0 bridgehead atoms. The van der Waals surface area contributed by atoms with Gasteiger partial charge < -0.3 is 4.90 Å². The van der Waals surface area contributed by atoms with Gasteiger partial charge in [-0.3, -0.25) is 0 Å². The van der Waals surface area contributed by atoms with Crippen LogP contribution in [0.15, 0.2) is 30.8 Å². The molecular formula is C12H18N+. The normalized spacial score (nSPS) is 10.4. The van der Waals surface area contributed by atoms with Gasteiger partial charge in [0, 0.05) is 0 Å². The molecule has 0 aliphatic carbocycles. The Hall–Kier alpha value is -1.08. The SMILES string of the molecule is C=Cc1ccc([NH+](CC)CC)cc1. The lowest BCUT2D eigenvalue weighted by molar-refractivity contribution is -0.828. The van der Waals surface area contributed by atoms with Crippen LogP contribution in [0.5, 0.6) is 0 Å². The average Bonchev–Trinajstić information content (AvgIpc) is 2.21. The molecule has 0 heterocycles. The van der Waals surface area contributed by atoms with Crippen LogP contribution in [0.3, 0.4) is 0 Å². The zero-order chi connectivity index (χ0) is 9.68. The Morgan fingerprint density at radius 1 is 1.15 bits per heavy atom. The highest BCUT2D eigenvalue weighted by Gasteiger charge is 2.05. The Bertz CT molecular complexity index is 257. The maximum atomic E-state index is 3.74. The van der Waals surface area contributed by atoms with Crippen LogP contribution < -0.4 is 4.90 Å². The van der Waals surface area contributed by atoms with E-state index in [0.29, 0.717) is 0 Å². The van der Waals surface area contributed by atoms with Crippen molar-refractivity contribution in [2.24, 2.45) is 0 Å². The second-order valence-corrected chi connectivity index (χ2v) is 3.14. The molecule has 0 saturated heterocycles. The standard InChI is InChI=1S/C12H17N/c1-4-11-7-9-12(10-8-11)13(5-2)6-3/h4,7-10H,1,5-6H2,2-3H3/p+1. The summed E-state index contributed by atoms with van der Waals surface area (Å²) in [4.78, 5) is 1.52. The van der Waals surface area contributed by atoms with Crippen molar-refractivity contribution < 1.29 is 4.90 Å². The Balaban J connectivity index is 2.83. The van der Waals surface area contributed by atoms with Crippen molar-refractivity contribution in [2.75, 3.05) is 13.1 Å². The molecule has 1 nitrogen and oxygen atoms in total. The zero-order valence-electron chi connectivity index (χ0n) is 8.51. The maximum Gasteiger partial charge on any atom is 0.131 e. The number of hydrogen-bond donors (Lipinski definition) is 1. The molecule has 0 saturated carbocycles. The van der Waals surface area contributed by atoms with Crippen LogP contribution >= 0.6 is 0 Å². The fraction of sp³-hybridized carbons (Fsp3) is 0.333. The molecule has 1 rings (SSSR count). The number of benzene rings is 1. The van der Waals surface area contributed by atoms with E-state index in [9.17, 15) is 0 Å². The first-order valence-electron chi connectivity index (χ1n) is 4.89. The van der Waals surface area contributed by atoms with E-state index in [1.54, 1.807) is 0 Å². The van der Waals surface area contributed by atoms with Gasteiger partial charge in [0.1, 0.15) is 5.69 Å². The van der Waals surface area contributed by atoms with E-state index in [0.717, 1.165) is 13.1 Å². The topological polar surface area (TPSA) is 4.44 Å². The summed E-state index contributed by atoms with van der Waals surface area (Å²) in [5.41, 5.74) is 2.56. The lowest BCUT2D eigenvalue weighted by Crippen LogP contribution is -3.06. The summed E-state index contributed by atoms with van der Waals surface area (Å²) in [6.45, 7) is 10.4.